The number of nitrogens with zero attached hydrogens (tertiary/aromatic N) is 1. The first-order valence-electron chi connectivity index (χ1n) is 7.39. The highest BCUT2D eigenvalue weighted by Crippen LogP contribution is 2.37. The second kappa shape index (κ2) is 6.89. The van der Waals surface area contributed by atoms with Gasteiger partial charge in [0, 0.05) is 6.20 Å². The summed E-state index contributed by atoms with van der Waals surface area (Å²) in [7, 11) is 0. The summed E-state index contributed by atoms with van der Waals surface area (Å²) in [5.41, 5.74) is 2.14. The van der Waals surface area contributed by atoms with Crippen molar-refractivity contribution in [2.75, 3.05) is 0 Å². The van der Waals surface area contributed by atoms with Gasteiger partial charge in [0.1, 0.15) is 0 Å². The Morgan fingerprint density at radius 3 is 2.56 bits per heavy atom. The van der Waals surface area contributed by atoms with Gasteiger partial charge < -0.3 is 5.11 Å². The van der Waals surface area contributed by atoms with E-state index >= 15 is 0 Å². The Bertz CT molecular complexity index is 339. The molecule has 1 aliphatic carbocycles. The van der Waals surface area contributed by atoms with Gasteiger partial charge >= 0.3 is 0 Å². The normalized spacial score (nSPS) is 24.1. The van der Waals surface area contributed by atoms with Crippen LogP contribution in [0.3, 0.4) is 0 Å². The third kappa shape index (κ3) is 3.55. The molecule has 0 amide bonds. The van der Waals surface area contributed by atoms with Gasteiger partial charge in [-0.25, -0.2) is 0 Å². The zero-order valence-corrected chi connectivity index (χ0v) is 11.4. The van der Waals surface area contributed by atoms with Gasteiger partial charge in [0.2, 0.25) is 0 Å². The van der Waals surface area contributed by atoms with Crippen molar-refractivity contribution >= 4 is 0 Å². The van der Waals surface area contributed by atoms with Gasteiger partial charge in [-0.05, 0) is 49.1 Å². The fourth-order valence-corrected chi connectivity index (χ4v) is 3.05. The summed E-state index contributed by atoms with van der Waals surface area (Å²) in [5, 5.41) is 8.99. The number of aromatic nitrogens is 1. The lowest BCUT2D eigenvalue weighted by Gasteiger charge is -2.28. The monoisotopic (exact) mass is 247 g/mol. The van der Waals surface area contributed by atoms with Crippen LogP contribution in [0.5, 0.6) is 0 Å². The van der Waals surface area contributed by atoms with Crippen LogP contribution >= 0.6 is 0 Å². The number of hydrogen-bond acceptors (Lipinski definition) is 2. The van der Waals surface area contributed by atoms with Crippen molar-refractivity contribution in [1.82, 2.24) is 4.98 Å². The molecule has 100 valence electrons. The van der Waals surface area contributed by atoms with E-state index in [4.69, 9.17) is 5.11 Å². The Hall–Kier alpha value is -0.890. The van der Waals surface area contributed by atoms with Crippen LogP contribution in [0.15, 0.2) is 18.3 Å². The smallest absolute Gasteiger partial charge is 0.0852 e. The van der Waals surface area contributed by atoms with Gasteiger partial charge in [-0.1, -0.05) is 32.3 Å². The Morgan fingerprint density at radius 1 is 1.22 bits per heavy atom. The Balaban J connectivity index is 1.84. The quantitative estimate of drug-likeness (QED) is 0.852. The summed E-state index contributed by atoms with van der Waals surface area (Å²) in [4.78, 5) is 4.29. The molecule has 1 N–H and O–H groups in total. The maximum Gasteiger partial charge on any atom is 0.0852 e. The minimum Gasteiger partial charge on any atom is -0.390 e. The lowest BCUT2D eigenvalue weighted by atomic mass is 9.77. The molecule has 0 atom stereocenters. The molecule has 0 bridgehead atoms. The molecule has 1 aromatic rings. The van der Waals surface area contributed by atoms with Crippen LogP contribution in [0.25, 0.3) is 0 Å². The number of rotatable bonds is 5. The summed E-state index contributed by atoms with van der Waals surface area (Å²) in [6.07, 6.45) is 11.5. The van der Waals surface area contributed by atoms with Crippen LogP contribution < -0.4 is 0 Å². The predicted molar refractivity (Wildman–Crippen MR) is 74.4 cm³/mol. The molecule has 2 rings (SSSR count). The van der Waals surface area contributed by atoms with E-state index in [1.807, 2.05) is 12.3 Å². The van der Waals surface area contributed by atoms with Crippen LogP contribution in [0, 0.1) is 5.92 Å². The molecule has 1 aromatic heterocycles. The average molecular weight is 247 g/mol. The molecule has 1 saturated carbocycles. The molecular formula is C16H25NO. The first kappa shape index (κ1) is 13.5. The summed E-state index contributed by atoms with van der Waals surface area (Å²) in [6, 6.07) is 4.11. The SMILES string of the molecule is CCCCC1CCC(c2ccc(CO)nc2)CC1. The average Bonchev–Trinajstić information content (AvgIpc) is 2.46. The van der Waals surface area contributed by atoms with Crippen molar-refractivity contribution in [3.05, 3.63) is 29.6 Å². The summed E-state index contributed by atoms with van der Waals surface area (Å²) < 4.78 is 0. The molecule has 0 aromatic carbocycles. The lowest BCUT2D eigenvalue weighted by molar-refractivity contribution is 0.276. The van der Waals surface area contributed by atoms with E-state index in [9.17, 15) is 0 Å². The predicted octanol–water partition coefficient (Wildman–Crippen LogP) is 4.04. The summed E-state index contributed by atoms with van der Waals surface area (Å²) in [5.74, 6) is 1.66. The Labute approximate surface area is 110 Å². The van der Waals surface area contributed by atoms with Crippen molar-refractivity contribution < 1.29 is 5.11 Å². The molecule has 0 radical (unpaired) electrons. The van der Waals surface area contributed by atoms with E-state index < -0.39 is 0 Å². The molecule has 2 nitrogen and oxygen atoms in total. The zero-order valence-electron chi connectivity index (χ0n) is 11.4. The number of aliphatic hydroxyl groups is 1. The molecule has 0 unspecified atom stereocenters. The number of unbranched alkanes of at least 4 members (excludes halogenated alkanes) is 1. The van der Waals surface area contributed by atoms with Crippen molar-refractivity contribution in [2.24, 2.45) is 5.92 Å². The lowest BCUT2D eigenvalue weighted by Crippen LogP contribution is -2.13. The van der Waals surface area contributed by atoms with Gasteiger partial charge in [-0.2, -0.15) is 0 Å². The maximum atomic E-state index is 8.99. The van der Waals surface area contributed by atoms with E-state index in [1.165, 1.54) is 50.5 Å². The topological polar surface area (TPSA) is 33.1 Å². The largest absolute Gasteiger partial charge is 0.390 e. The highest BCUT2D eigenvalue weighted by Gasteiger charge is 2.22. The van der Waals surface area contributed by atoms with Gasteiger partial charge in [0.05, 0.1) is 12.3 Å². The highest BCUT2D eigenvalue weighted by atomic mass is 16.3. The van der Waals surface area contributed by atoms with E-state index in [0.29, 0.717) is 5.92 Å². The minimum atomic E-state index is 0.0457. The van der Waals surface area contributed by atoms with Gasteiger partial charge in [-0.15, -0.1) is 0 Å². The Morgan fingerprint density at radius 2 is 2.00 bits per heavy atom. The van der Waals surface area contributed by atoms with Crippen LogP contribution in [0.1, 0.15) is 69.0 Å². The molecule has 1 heterocycles. The van der Waals surface area contributed by atoms with Crippen LogP contribution in [0.2, 0.25) is 0 Å². The number of aliphatic hydroxyl groups excluding tert-OH is 1. The van der Waals surface area contributed by atoms with Crippen molar-refractivity contribution in [3.63, 3.8) is 0 Å². The minimum absolute atomic E-state index is 0.0457. The molecular weight excluding hydrogens is 222 g/mol. The second-order valence-corrected chi connectivity index (χ2v) is 5.60. The molecule has 1 fully saturated rings. The molecule has 2 heteroatoms. The zero-order chi connectivity index (χ0) is 12.8. The standard InChI is InChI=1S/C16H25NO/c1-2-3-4-13-5-7-14(8-6-13)15-9-10-16(12-18)17-11-15/h9-11,13-14,18H,2-8,12H2,1H3. The maximum absolute atomic E-state index is 8.99. The fraction of sp³-hybridized carbons (Fsp3) is 0.688. The summed E-state index contributed by atoms with van der Waals surface area (Å²) in [6.45, 7) is 2.32. The summed E-state index contributed by atoms with van der Waals surface area (Å²) >= 11 is 0. The first-order chi connectivity index (χ1) is 8.83. The van der Waals surface area contributed by atoms with Crippen LogP contribution in [-0.2, 0) is 6.61 Å². The molecule has 0 spiro atoms. The van der Waals surface area contributed by atoms with Crippen LogP contribution in [-0.4, -0.2) is 10.1 Å². The van der Waals surface area contributed by atoms with E-state index in [2.05, 4.69) is 18.0 Å². The van der Waals surface area contributed by atoms with Crippen molar-refractivity contribution in [1.29, 1.82) is 0 Å². The van der Waals surface area contributed by atoms with Gasteiger partial charge in [0.25, 0.3) is 0 Å². The Kier molecular flexibility index (Phi) is 5.18. The van der Waals surface area contributed by atoms with Crippen LogP contribution in [0.4, 0.5) is 0 Å². The molecule has 0 saturated heterocycles. The fourth-order valence-electron chi connectivity index (χ4n) is 3.05. The first-order valence-corrected chi connectivity index (χ1v) is 7.39. The van der Waals surface area contributed by atoms with Crippen molar-refractivity contribution in [2.45, 2.75) is 64.4 Å². The van der Waals surface area contributed by atoms with E-state index in [0.717, 1.165) is 11.6 Å². The third-order valence-corrected chi connectivity index (χ3v) is 4.29. The number of hydrogen-bond donors (Lipinski definition) is 1. The molecule has 0 aliphatic heterocycles. The number of pyridine rings is 1. The van der Waals surface area contributed by atoms with Gasteiger partial charge in [0.15, 0.2) is 0 Å². The third-order valence-electron chi connectivity index (χ3n) is 4.29. The second-order valence-electron chi connectivity index (χ2n) is 5.60. The highest BCUT2D eigenvalue weighted by molar-refractivity contribution is 5.18. The van der Waals surface area contributed by atoms with Crippen molar-refractivity contribution in [3.8, 4) is 0 Å². The molecule has 18 heavy (non-hydrogen) atoms. The molecule has 1 aliphatic rings. The van der Waals surface area contributed by atoms with E-state index in [-0.39, 0.29) is 6.61 Å². The van der Waals surface area contributed by atoms with Gasteiger partial charge in [-0.3, -0.25) is 4.98 Å². The van der Waals surface area contributed by atoms with E-state index in [1.54, 1.807) is 0 Å².